The zero-order valence-corrected chi connectivity index (χ0v) is 14.1. The molecule has 0 fully saturated rings. The van der Waals surface area contributed by atoms with E-state index in [1.54, 1.807) is 6.92 Å². The molecule has 4 heteroatoms. The first-order valence-corrected chi connectivity index (χ1v) is 8.15. The van der Waals surface area contributed by atoms with Crippen molar-refractivity contribution in [3.8, 4) is 0 Å². The van der Waals surface area contributed by atoms with Gasteiger partial charge in [-0.25, -0.2) is 0 Å². The molecular weight excluding hydrogens is 302 g/mol. The highest BCUT2D eigenvalue weighted by Crippen LogP contribution is 2.12. The molecule has 24 heavy (non-hydrogen) atoms. The number of hydrogen-bond donors (Lipinski definition) is 1. The zero-order valence-electron chi connectivity index (χ0n) is 14.1. The van der Waals surface area contributed by atoms with Crippen molar-refractivity contribution in [2.45, 2.75) is 38.8 Å². The van der Waals surface area contributed by atoms with E-state index in [4.69, 9.17) is 4.74 Å². The fourth-order valence-corrected chi connectivity index (χ4v) is 2.36. The smallest absolute Gasteiger partial charge is 0.306 e. The second-order valence-electron chi connectivity index (χ2n) is 5.76. The SMILES string of the molecule is CC(OC(=O)CCc1ccccc1)C(=O)NC(C)c1ccccc1. The van der Waals surface area contributed by atoms with Crippen molar-refractivity contribution in [2.24, 2.45) is 0 Å². The van der Waals surface area contributed by atoms with E-state index in [9.17, 15) is 9.59 Å². The Balaban J connectivity index is 1.77. The molecule has 4 nitrogen and oxygen atoms in total. The van der Waals surface area contributed by atoms with Gasteiger partial charge in [-0.05, 0) is 31.4 Å². The van der Waals surface area contributed by atoms with Gasteiger partial charge in [-0.3, -0.25) is 9.59 Å². The van der Waals surface area contributed by atoms with Gasteiger partial charge in [0.2, 0.25) is 0 Å². The lowest BCUT2D eigenvalue weighted by Gasteiger charge is -2.18. The monoisotopic (exact) mass is 325 g/mol. The lowest BCUT2D eigenvalue weighted by Crippen LogP contribution is -2.37. The summed E-state index contributed by atoms with van der Waals surface area (Å²) in [4.78, 5) is 24.0. The molecule has 0 bridgehead atoms. The van der Waals surface area contributed by atoms with E-state index in [2.05, 4.69) is 5.32 Å². The lowest BCUT2D eigenvalue weighted by molar-refractivity contribution is -0.155. The van der Waals surface area contributed by atoms with E-state index in [0.717, 1.165) is 11.1 Å². The fraction of sp³-hybridized carbons (Fsp3) is 0.300. The molecular formula is C20H23NO3. The Hall–Kier alpha value is -2.62. The molecule has 2 aromatic carbocycles. The quantitative estimate of drug-likeness (QED) is 0.794. The van der Waals surface area contributed by atoms with Gasteiger partial charge in [-0.1, -0.05) is 60.7 Å². The van der Waals surface area contributed by atoms with E-state index in [-0.39, 0.29) is 24.3 Å². The Labute approximate surface area is 142 Å². The van der Waals surface area contributed by atoms with Crippen LogP contribution >= 0.6 is 0 Å². The minimum Gasteiger partial charge on any atom is -0.453 e. The molecule has 0 aromatic heterocycles. The van der Waals surface area contributed by atoms with E-state index in [1.807, 2.05) is 67.6 Å². The molecule has 0 aliphatic rings. The molecule has 2 atom stereocenters. The summed E-state index contributed by atoms with van der Waals surface area (Å²) in [6.45, 7) is 3.49. The minimum absolute atomic E-state index is 0.135. The summed E-state index contributed by atoms with van der Waals surface area (Å²) in [5.74, 6) is -0.659. The molecule has 0 saturated heterocycles. The number of carbonyl (C=O) groups is 2. The highest BCUT2D eigenvalue weighted by Gasteiger charge is 2.19. The Morgan fingerprint density at radius 3 is 2.17 bits per heavy atom. The lowest BCUT2D eigenvalue weighted by atomic mass is 10.1. The third kappa shape index (κ3) is 5.54. The number of hydrogen-bond acceptors (Lipinski definition) is 3. The van der Waals surface area contributed by atoms with Gasteiger partial charge in [0.1, 0.15) is 0 Å². The average Bonchev–Trinajstić information content (AvgIpc) is 2.61. The molecule has 0 saturated carbocycles. The normalized spacial score (nSPS) is 12.9. The van der Waals surface area contributed by atoms with Crippen LogP contribution in [0.1, 0.15) is 37.4 Å². The maximum Gasteiger partial charge on any atom is 0.306 e. The van der Waals surface area contributed by atoms with Gasteiger partial charge >= 0.3 is 5.97 Å². The Morgan fingerprint density at radius 2 is 1.54 bits per heavy atom. The van der Waals surface area contributed by atoms with Gasteiger partial charge in [0.05, 0.1) is 6.04 Å². The first kappa shape index (κ1) is 17.7. The maximum atomic E-state index is 12.1. The largest absolute Gasteiger partial charge is 0.453 e. The van der Waals surface area contributed by atoms with Crippen molar-refractivity contribution in [3.05, 3.63) is 71.8 Å². The first-order valence-electron chi connectivity index (χ1n) is 8.15. The molecule has 1 N–H and O–H groups in total. The number of benzene rings is 2. The predicted molar refractivity (Wildman–Crippen MR) is 93.3 cm³/mol. The third-order valence-corrected chi connectivity index (χ3v) is 3.80. The molecule has 2 aromatic rings. The highest BCUT2D eigenvalue weighted by atomic mass is 16.5. The molecule has 0 aliphatic heterocycles. The third-order valence-electron chi connectivity index (χ3n) is 3.80. The number of amides is 1. The average molecular weight is 325 g/mol. The molecule has 0 radical (unpaired) electrons. The first-order chi connectivity index (χ1) is 11.6. The van der Waals surface area contributed by atoms with Crippen molar-refractivity contribution in [1.82, 2.24) is 5.32 Å². The minimum atomic E-state index is -0.806. The predicted octanol–water partition coefficient (Wildman–Crippen LogP) is 3.43. The van der Waals surface area contributed by atoms with Crippen LogP contribution in [0.5, 0.6) is 0 Å². The van der Waals surface area contributed by atoms with Crippen LogP contribution in [0.3, 0.4) is 0 Å². The number of carbonyl (C=O) groups excluding carboxylic acids is 2. The van der Waals surface area contributed by atoms with Crippen LogP contribution in [0.25, 0.3) is 0 Å². The topological polar surface area (TPSA) is 55.4 Å². The number of esters is 1. The van der Waals surface area contributed by atoms with Crippen LogP contribution in [-0.2, 0) is 20.7 Å². The van der Waals surface area contributed by atoms with E-state index in [1.165, 1.54) is 0 Å². The molecule has 2 unspecified atom stereocenters. The van der Waals surface area contributed by atoms with Gasteiger partial charge in [0.25, 0.3) is 5.91 Å². The number of aryl methyl sites for hydroxylation is 1. The van der Waals surface area contributed by atoms with Gasteiger partial charge < -0.3 is 10.1 Å². The Morgan fingerprint density at radius 1 is 0.958 bits per heavy atom. The number of rotatable bonds is 7. The van der Waals surface area contributed by atoms with Crippen molar-refractivity contribution >= 4 is 11.9 Å². The van der Waals surface area contributed by atoms with Crippen LogP contribution in [0.2, 0.25) is 0 Å². The summed E-state index contributed by atoms with van der Waals surface area (Å²) < 4.78 is 5.22. The van der Waals surface area contributed by atoms with E-state index < -0.39 is 6.10 Å². The Kier molecular flexibility index (Phi) is 6.55. The van der Waals surface area contributed by atoms with Crippen molar-refractivity contribution in [2.75, 3.05) is 0 Å². The van der Waals surface area contributed by atoms with E-state index >= 15 is 0 Å². The summed E-state index contributed by atoms with van der Waals surface area (Å²) >= 11 is 0. The van der Waals surface area contributed by atoms with Crippen LogP contribution < -0.4 is 5.32 Å². The molecule has 2 rings (SSSR count). The van der Waals surface area contributed by atoms with Crippen LogP contribution in [0, 0.1) is 0 Å². The Bertz CT molecular complexity index is 655. The molecule has 126 valence electrons. The summed E-state index contributed by atoms with van der Waals surface area (Å²) in [7, 11) is 0. The number of nitrogens with one attached hydrogen (secondary N) is 1. The molecule has 0 aliphatic carbocycles. The van der Waals surface area contributed by atoms with Gasteiger partial charge in [0, 0.05) is 6.42 Å². The van der Waals surface area contributed by atoms with Gasteiger partial charge in [0.15, 0.2) is 6.10 Å². The van der Waals surface area contributed by atoms with E-state index in [0.29, 0.717) is 6.42 Å². The number of ether oxygens (including phenoxy) is 1. The zero-order chi connectivity index (χ0) is 17.4. The summed E-state index contributed by atoms with van der Waals surface area (Å²) in [5.41, 5.74) is 2.08. The van der Waals surface area contributed by atoms with Crippen LogP contribution in [-0.4, -0.2) is 18.0 Å². The van der Waals surface area contributed by atoms with Crippen LogP contribution in [0.4, 0.5) is 0 Å². The molecule has 0 spiro atoms. The fourth-order valence-electron chi connectivity index (χ4n) is 2.36. The van der Waals surface area contributed by atoms with Gasteiger partial charge in [-0.2, -0.15) is 0 Å². The standard InChI is InChI=1S/C20H23NO3/c1-15(18-11-7-4-8-12-18)21-20(23)16(2)24-19(22)14-13-17-9-5-3-6-10-17/h3-12,15-16H,13-14H2,1-2H3,(H,21,23). The van der Waals surface area contributed by atoms with Crippen molar-refractivity contribution in [3.63, 3.8) is 0 Å². The van der Waals surface area contributed by atoms with Gasteiger partial charge in [-0.15, -0.1) is 0 Å². The van der Waals surface area contributed by atoms with Crippen LogP contribution in [0.15, 0.2) is 60.7 Å². The summed E-state index contributed by atoms with van der Waals surface area (Å²) in [6.07, 6.45) is 0.0593. The highest BCUT2D eigenvalue weighted by molar-refractivity contribution is 5.83. The summed E-state index contributed by atoms with van der Waals surface area (Å²) in [5, 5.41) is 2.86. The van der Waals surface area contributed by atoms with Crippen molar-refractivity contribution in [1.29, 1.82) is 0 Å². The molecule has 0 heterocycles. The van der Waals surface area contributed by atoms with Crippen molar-refractivity contribution < 1.29 is 14.3 Å². The molecule has 1 amide bonds. The summed E-state index contributed by atoms with van der Waals surface area (Å²) in [6, 6.07) is 19.2. The second-order valence-corrected chi connectivity index (χ2v) is 5.76. The maximum absolute atomic E-state index is 12.1. The second kappa shape index (κ2) is 8.87.